The average Bonchev–Trinajstić information content (AvgIpc) is 1.31. The van der Waals surface area contributed by atoms with Gasteiger partial charge in [-0.3, -0.25) is 0 Å². The SMILES string of the molecule is CC(Br)C(C)(C)Cl. The van der Waals surface area contributed by atoms with E-state index in [9.17, 15) is 0 Å². The molecule has 1 atom stereocenters. The molecule has 0 bridgehead atoms. The Morgan fingerprint density at radius 3 is 1.71 bits per heavy atom. The van der Waals surface area contributed by atoms with Crippen LogP contribution in [0, 0.1) is 0 Å². The number of halogens is 2. The van der Waals surface area contributed by atoms with Crippen LogP contribution in [0.2, 0.25) is 0 Å². The molecule has 2 heteroatoms. The average molecular weight is 185 g/mol. The third kappa shape index (κ3) is 3.36. The van der Waals surface area contributed by atoms with Crippen LogP contribution in [0.4, 0.5) is 0 Å². The Balaban J connectivity index is 3.54. The Hall–Kier alpha value is 0.770. The molecule has 0 fully saturated rings. The maximum absolute atomic E-state index is 5.82. The molecule has 0 aromatic carbocycles. The molecule has 1 unspecified atom stereocenters. The van der Waals surface area contributed by atoms with Crippen molar-refractivity contribution in [2.75, 3.05) is 0 Å². The highest BCUT2D eigenvalue weighted by Crippen LogP contribution is 2.23. The van der Waals surface area contributed by atoms with Crippen LogP contribution in [-0.4, -0.2) is 9.70 Å². The Labute approximate surface area is 58.4 Å². The fourth-order valence-corrected chi connectivity index (χ4v) is 0. The van der Waals surface area contributed by atoms with E-state index in [0.29, 0.717) is 4.83 Å². The summed E-state index contributed by atoms with van der Waals surface area (Å²) >= 11 is 9.18. The second kappa shape index (κ2) is 2.36. The quantitative estimate of drug-likeness (QED) is 0.551. The summed E-state index contributed by atoms with van der Waals surface area (Å²) in [4.78, 5) is 0.265. The molecule has 0 saturated heterocycles. The lowest BCUT2D eigenvalue weighted by Gasteiger charge is -2.17. The third-order valence-corrected chi connectivity index (χ3v) is 2.68. The second-order valence-corrected chi connectivity index (χ2v) is 4.53. The van der Waals surface area contributed by atoms with Gasteiger partial charge in [0.15, 0.2) is 0 Å². The van der Waals surface area contributed by atoms with Gasteiger partial charge in [0.25, 0.3) is 0 Å². The molecular formula is C5H10BrCl. The third-order valence-electron chi connectivity index (χ3n) is 0.946. The highest BCUT2D eigenvalue weighted by Gasteiger charge is 2.18. The van der Waals surface area contributed by atoms with Crippen molar-refractivity contribution < 1.29 is 0 Å². The number of hydrogen-bond acceptors (Lipinski definition) is 0. The predicted octanol–water partition coefficient (Wildman–Crippen LogP) is 2.79. The Morgan fingerprint density at radius 1 is 1.57 bits per heavy atom. The van der Waals surface area contributed by atoms with E-state index < -0.39 is 0 Å². The highest BCUT2D eigenvalue weighted by atomic mass is 79.9. The minimum atomic E-state index is -0.111. The molecule has 0 rings (SSSR count). The van der Waals surface area contributed by atoms with E-state index in [1.165, 1.54) is 0 Å². The first kappa shape index (κ1) is 7.77. The molecule has 0 amide bonds. The molecule has 0 aromatic rings. The largest absolute Gasteiger partial charge is 0.119 e. The predicted molar refractivity (Wildman–Crippen MR) is 38.3 cm³/mol. The molecule has 0 spiro atoms. The van der Waals surface area contributed by atoms with Crippen molar-refractivity contribution in [3.63, 3.8) is 0 Å². The molecule has 0 aliphatic heterocycles. The van der Waals surface area contributed by atoms with Gasteiger partial charge in [0.05, 0.1) is 4.87 Å². The molecule has 0 aromatic heterocycles. The van der Waals surface area contributed by atoms with Crippen molar-refractivity contribution >= 4 is 27.5 Å². The lowest BCUT2D eigenvalue weighted by Crippen LogP contribution is -2.20. The summed E-state index contributed by atoms with van der Waals surface area (Å²) in [5.41, 5.74) is 0. The van der Waals surface area contributed by atoms with E-state index in [2.05, 4.69) is 15.9 Å². The summed E-state index contributed by atoms with van der Waals surface area (Å²) in [5, 5.41) is 0. The Kier molecular flexibility index (Phi) is 2.62. The molecular weight excluding hydrogens is 175 g/mol. The molecule has 0 aliphatic rings. The number of hydrogen-bond donors (Lipinski definition) is 0. The standard InChI is InChI=1S/C5H10BrCl/c1-4(6)5(2,3)7/h4H,1-3H3. The zero-order valence-electron chi connectivity index (χ0n) is 4.83. The molecule has 0 radical (unpaired) electrons. The van der Waals surface area contributed by atoms with Gasteiger partial charge in [0.2, 0.25) is 0 Å². The van der Waals surface area contributed by atoms with Gasteiger partial charge in [0.1, 0.15) is 0 Å². The molecule has 0 heterocycles. The zero-order chi connectivity index (χ0) is 6.08. The maximum Gasteiger partial charge on any atom is 0.0512 e. The van der Waals surface area contributed by atoms with Crippen LogP contribution in [0.25, 0.3) is 0 Å². The topological polar surface area (TPSA) is 0 Å². The van der Waals surface area contributed by atoms with Gasteiger partial charge in [0, 0.05) is 4.83 Å². The summed E-state index contributed by atoms with van der Waals surface area (Å²) in [5.74, 6) is 0. The zero-order valence-corrected chi connectivity index (χ0v) is 7.18. The Bertz CT molecular complexity index is 53.6. The van der Waals surface area contributed by atoms with Crippen molar-refractivity contribution in [1.82, 2.24) is 0 Å². The smallest absolute Gasteiger partial charge is 0.0512 e. The van der Waals surface area contributed by atoms with Crippen molar-refractivity contribution in [2.24, 2.45) is 0 Å². The number of alkyl halides is 2. The van der Waals surface area contributed by atoms with Gasteiger partial charge in [-0.1, -0.05) is 22.9 Å². The van der Waals surface area contributed by atoms with Crippen LogP contribution in [0.1, 0.15) is 20.8 Å². The van der Waals surface area contributed by atoms with Gasteiger partial charge in [-0.15, -0.1) is 11.6 Å². The van der Waals surface area contributed by atoms with E-state index in [0.717, 1.165) is 0 Å². The molecule has 0 aliphatic carbocycles. The van der Waals surface area contributed by atoms with E-state index >= 15 is 0 Å². The lowest BCUT2D eigenvalue weighted by atomic mass is 10.1. The molecule has 7 heavy (non-hydrogen) atoms. The van der Waals surface area contributed by atoms with Gasteiger partial charge in [-0.25, -0.2) is 0 Å². The van der Waals surface area contributed by atoms with Crippen LogP contribution < -0.4 is 0 Å². The van der Waals surface area contributed by atoms with Gasteiger partial charge < -0.3 is 0 Å². The minimum absolute atomic E-state index is 0.111. The molecule has 44 valence electrons. The van der Waals surface area contributed by atoms with Gasteiger partial charge in [-0.2, -0.15) is 0 Å². The lowest BCUT2D eigenvalue weighted by molar-refractivity contribution is 0.697. The minimum Gasteiger partial charge on any atom is -0.119 e. The monoisotopic (exact) mass is 184 g/mol. The first-order valence-electron chi connectivity index (χ1n) is 2.27. The summed E-state index contributed by atoms with van der Waals surface area (Å²) in [7, 11) is 0. The fraction of sp³-hybridized carbons (Fsp3) is 1.00. The van der Waals surface area contributed by atoms with E-state index in [4.69, 9.17) is 11.6 Å². The van der Waals surface area contributed by atoms with Crippen LogP contribution >= 0.6 is 27.5 Å². The summed E-state index contributed by atoms with van der Waals surface area (Å²) in [6.07, 6.45) is 0. The molecule has 0 saturated carbocycles. The maximum atomic E-state index is 5.82. The molecule has 0 N–H and O–H groups in total. The van der Waals surface area contributed by atoms with Crippen molar-refractivity contribution in [2.45, 2.75) is 30.5 Å². The van der Waals surface area contributed by atoms with Gasteiger partial charge in [-0.05, 0) is 13.8 Å². The first-order chi connectivity index (χ1) is 2.94. The number of rotatable bonds is 1. The van der Waals surface area contributed by atoms with Crippen LogP contribution in [0.5, 0.6) is 0 Å². The van der Waals surface area contributed by atoms with Crippen LogP contribution in [0.3, 0.4) is 0 Å². The van der Waals surface area contributed by atoms with Crippen molar-refractivity contribution in [3.05, 3.63) is 0 Å². The van der Waals surface area contributed by atoms with E-state index in [1.807, 2.05) is 20.8 Å². The first-order valence-corrected chi connectivity index (χ1v) is 3.57. The molecule has 0 nitrogen and oxygen atoms in total. The van der Waals surface area contributed by atoms with Crippen LogP contribution in [-0.2, 0) is 0 Å². The summed E-state index contributed by atoms with van der Waals surface area (Å²) in [6, 6.07) is 0. The van der Waals surface area contributed by atoms with Crippen LogP contribution in [0.15, 0.2) is 0 Å². The van der Waals surface area contributed by atoms with Crippen molar-refractivity contribution in [3.8, 4) is 0 Å². The highest BCUT2D eigenvalue weighted by molar-refractivity contribution is 9.09. The van der Waals surface area contributed by atoms with E-state index in [1.54, 1.807) is 0 Å². The Morgan fingerprint density at radius 2 is 1.71 bits per heavy atom. The normalized spacial score (nSPS) is 16.7. The fourth-order valence-electron chi connectivity index (χ4n) is 0. The van der Waals surface area contributed by atoms with Gasteiger partial charge >= 0.3 is 0 Å². The summed E-state index contributed by atoms with van der Waals surface area (Å²) < 4.78 is 0. The van der Waals surface area contributed by atoms with E-state index in [-0.39, 0.29) is 4.87 Å². The second-order valence-electron chi connectivity index (χ2n) is 2.18. The van der Waals surface area contributed by atoms with Crippen molar-refractivity contribution in [1.29, 1.82) is 0 Å². The summed E-state index contributed by atoms with van der Waals surface area (Å²) in [6.45, 7) is 5.99.